The third-order valence-corrected chi connectivity index (χ3v) is 3.95. The highest BCUT2D eigenvalue weighted by Gasteiger charge is 2.15. The normalized spacial score (nSPS) is 18.2. The predicted octanol–water partition coefficient (Wildman–Crippen LogP) is 2.45. The molecule has 110 valence electrons. The molecule has 1 aromatic carbocycles. The molecule has 0 bridgehead atoms. The third-order valence-electron chi connectivity index (χ3n) is 3.95. The van der Waals surface area contributed by atoms with E-state index in [9.17, 15) is 0 Å². The second-order valence-electron chi connectivity index (χ2n) is 5.80. The second-order valence-corrected chi connectivity index (χ2v) is 5.80. The zero-order valence-electron chi connectivity index (χ0n) is 12.6. The van der Waals surface area contributed by atoms with E-state index in [1.807, 2.05) is 12.1 Å². The molecule has 0 aliphatic carbocycles. The Morgan fingerprint density at radius 2 is 2.15 bits per heavy atom. The molecule has 2 rings (SSSR count). The number of piperidine rings is 1. The Balaban J connectivity index is 1.74. The van der Waals surface area contributed by atoms with E-state index in [1.54, 1.807) is 0 Å². The number of hydrogen-bond acceptors (Lipinski definition) is 2. The Morgan fingerprint density at radius 3 is 2.85 bits per heavy atom. The average molecular weight is 274 g/mol. The number of nitrogens with zero attached hydrogens (tertiary/aromatic N) is 2. The Hall–Kier alpha value is -1.55. The van der Waals surface area contributed by atoms with Crippen molar-refractivity contribution in [2.45, 2.75) is 26.2 Å². The topological polar surface area (TPSA) is 53.6 Å². The van der Waals surface area contributed by atoms with Gasteiger partial charge in [0.15, 0.2) is 5.96 Å². The number of guanidine groups is 1. The molecule has 1 heterocycles. The van der Waals surface area contributed by atoms with Gasteiger partial charge < -0.3 is 16.0 Å². The molecule has 0 radical (unpaired) electrons. The number of nitrogens with two attached hydrogens (primary N) is 1. The molecule has 0 aromatic heterocycles. The smallest absolute Gasteiger partial charge is 0.193 e. The third kappa shape index (κ3) is 4.85. The molecule has 0 unspecified atom stereocenters. The van der Waals surface area contributed by atoms with E-state index < -0.39 is 0 Å². The highest BCUT2D eigenvalue weighted by molar-refractivity contribution is 5.92. The summed E-state index contributed by atoms with van der Waals surface area (Å²) in [5.74, 6) is 1.32. The van der Waals surface area contributed by atoms with E-state index in [1.165, 1.54) is 31.5 Å². The molecular formula is C16H26N4. The maximum atomic E-state index is 5.92. The summed E-state index contributed by atoms with van der Waals surface area (Å²) in [6.07, 6.45) is 3.72. The minimum Gasteiger partial charge on any atom is -0.370 e. The van der Waals surface area contributed by atoms with E-state index in [0.717, 1.165) is 24.6 Å². The number of nitrogens with one attached hydrogen (secondary N) is 1. The van der Waals surface area contributed by atoms with Crippen LogP contribution in [0.5, 0.6) is 0 Å². The second kappa shape index (κ2) is 7.29. The fraction of sp³-hybridized carbons (Fsp3) is 0.562. The molecular weight excluding hydrogens is 248 g/mol. The van der Waals surface area contributed by atoms with Crippen LogP contribution in [0, 0.1) is 12.8 Å². The van der Waals surface area contributed by atoms with Gasteiger partial charge in [-0.2, -0.15) is 0 Å². The van der Waals surface area contributed by atoms with E-state index in [-0.39, 0.29) is 0 Å². The summed E-state index contributed by atoms with van der Waals surface area (Å²) < 4.78 is 0. The largest absolute Gasteiger partial charge is 0.370 e. The summed E-state index contributed by atoms with van der Waals surface area (Å²) in [5.41, 5.74) is 8.15. The molecule has 1 fully saturated rings. The molecule has 1 aromatic rings. The van der Waals surface area contributed by atoms with Crippen LogP contribution in [0.2, 0.25) is 0 Å². The number of aliphatic imine (C=N–C) groups is 1. The van der Waals surface area contributed by atoms with Gasteiger partial charge in [0.2, 0.25) is 0 Å². The fourth-order valence-corrected chi connectivity index (χ4v) is 2.63. The van der Waals surface area contributed by atoms with Crippen molar-refractivity contribution < 1.29 is 0 Å². The number of anilines is 1. The highest BCUT2D eigenvalue weighted by Crippen LogP contribution is 2.19. The van der Waals surface area contributed by atoms with Crippen LogP contribution < -0.4 is 11.1 Å². The molecule has 20 heavy (non-hydrogen) atoms. The number of rotatable bonds is 4. The first-order valence-corrected chi connectivity index (χ1v) is 7.45. The molecule has 4 heteroatoms. The first-order chi connectivity index (χ1) is 9.63. The Labute approximate surface area is 122 Å². The van der Waals surface area contributed by atoms with Crippen molar-refractivity contribution in [3.63, 3.8) is 0 Å². The molecule has 0 amide bonds. The van der Waals surface area contributed by atoms with Crippen molar-refractivity contribution in [3.05, 3.63) is 29.8 Å². The predicted molar refractivity (Wildman–Crippen MR) is 86.1 cm³/mol. The highest BCUT2D eigenvalue weighted by atomic mass is 15.1. The van der Waals surface area contributed by atoms with Gasteiger partial charge in [0.1, 0.15) is 0 Å². The molecule has 1 aliphatic rings. The van der Waals surface area contributed by atoms with Crippen molar-refractivity contribution >= 4 is 11.6 Å². The molecule has 1 aliphatic heterocycles. The van der Waals surface area contributed by atoms with Crippen LogP contribution in [0.15, 0.2) is 29.3 Å². The van der Waals surface area contributed by atoms with Gasteiger partial charge in [-0.05, 0) is 69.9 Å². The molecule has 0 atom stereocenters. The van der Waals surface area contributed by atoms with Gasteiger partial charge in [-0.1, -0.05) is 12.1 Å². The monoisotopic (exact) mass is 274 g/mol. The van der Waals surface area contributed by atoms with Gasteiger partial charge in [-0.3, -0.25) is 4.99 Å². The minimum atomic E-state index is 0.517. The Kier molecular flexibility index (Phi) is 5.41. The van der Waals surface area contributed by atoms with Crippen LogP contribution in [0.3, 0.4) is 0 Å². The van der Waals surface area contributed by atoms with Gasteiger partial charge in [0.25, 0.3) is 0 Å². The summed E-state index contributed by atoms with van der Waals surface area (Å²) in [6.45, 7) is 5.31. The van der Waals surface area contributed by atoms with Gasteiger partial charge in [0, 0.05) is 12.2 Å². The first kappa shape index (κ1) is 14.9. The summed E-state index contributed by atoms with van der Waals surface area (Å²) in [5, 5.41) is 3.15. The van der Waals surface area contributed by atoms with Crippen LogP contribution >= 0.6 is 0 Å². The summed E-state index contributed by atoms with van der Waals surface area (Å²) in [6, 6.07) is 8.16. The van der Waals surface area contributed by atoms with Gasteiger partial charge in [-0.25, -0.2) is 0 Å². The van der Waals surface area contributed by atoms with Crippen LogP contribution in [0.4, 0.5) is 5.69 Å². The van der Waals surface area contributed by atoms with Crippen molar-refractivity contribution in [1.82, 2.24) is 4.90 Å². The van der Waals surface area contributed by atoms with Gasteiger partial charge in [-0.15, -0.1) is 0 Å². The molecule has 1 saturated heterocycles. The molecule has 0 spiro atoms. The van der Waals surface area contributed by atoms with Gasteiger partial charge in [0.05, 0.1) is 0 Å². The van der Waals surface area contributed by atoms with E-state index in [0.29, 0.717) is 5.96 Å². The Bertz CT molecular complexity index is 448. The molecule has 3 N–H and O–H groups in total. The number of hydrogen-bond donors (Lipinski definition) is 2. The maximum Gasteiger partial charge on any atom is 0.193 e. The summed E-state index contributed by atoms with van der Waals surface area (Å²) in [7, 11) is 2.19. The molecule has 0 saturated carbocycles. The quantitative estimate of drug-likeness (QED) is 0.655. The van der Waals surface area contributed by atoms with E-state index in [2.05, 4.69) is 41.3 Å². The van der Waals surface area contributed by atoms with Crippen molar-refractivity contribution in [1.29, 1.82) is 0 Å². The van der Waals surface area contributed by atoms with Crippen molar-refractivity contribution in [3.8, 4) is 0 Å². The van der Waals surface area contributed by atoms with Gasteiger partial charge >= 0.3 is 0 Å². The Morgan fingerprint density at radius 1 is 1.40 bits per heavy atom. The minimum absolute atomic E-state index is 0.517. The van der Waals surface area contributed by atoms with Crippen LogP contribution in [-0.4, -0.2) is 37.5 Å². The van der Waals surface area contributed by atoms with Crippen molar-refractivity contribution in [2.75, 3.05) is 32.0 Å². The number of benzene rings is 1. The lowest BCUT2D eigenvalue weighted by molar-refractivity contribution is 0.214. The zero-order valence-corrected chi connectivity index (χ0v) is 12.6. The summed E-state index contributed by atoms with van der Waals surface area (Å²) >= 11 is 0. The zero-order chi connectivity index (χ0) is 14.4. The number of aryl methyl sites for hydroxylation is 1. The standard InChI is InChI=1S/C16H26N4/c1-13-4-3-5-15(12-13)19-16(17)18-9-6-14-7-10-20(2)11-8-14/h3-5,12,14H,6-11H2,1-2H3,(H3,17,18,19). The lowest BCUT2D eigenvalue weighted by atomic mass is 9.94. The lowest BCUT2D eigenvalue weighted by Crippen LogP contribution is -2.30. The van der Waals surface area contributed by atoms with E-state index in [4.69, 9.17) is 5.73 Å². The lowest BCUT2D eigenvalue weighted by Gasteiger charge is -2.28. The van der Waals surface area contributed by atoms with Crippen molar-refractivity contribution in [2.24, 2.45) is 16.6 Å². The van der Waals surface area contributed by atoms with Crippen LogP contribution in [0.25, 0.3) is 0 Å². The van der Waals surface area contributed by atoms with E-state index >= 15 is 0 Å². The fourth-order valence-electron chi connectivity index (χ4n) is 2.63. The maximum absolute atomic E-state index is 5.92. The van der Waals surface area contributed by atoms with Crippen LogP contribution in [-0.2, 0) is 0 Å². The average Bonchev–Trinajstić information content (AvgIpc) is 2.41. The summed E-state index contributed by atoms with van der Waals surface area (Å²) in [4.78, 5) is 6.83. The first-order valence-electron chi connectivity index (χ1n) is 7.45. The SMILES string of the molecule is Cc1cccc(NC(N)=NCCC2CCN(C)CC2)c1. The number of likely N-dealkylation sites (tertiary alicyclic amines) is 1. The van der Waals surface area contributed by atoms with Crippen LogP contribution in [0.1, 0.15) is 24.8 Å². The molecule has 4 nitrogen and oxygen atoms in total.